The summed E-state index contributed by atoms with van der Waals surface area (Å²) in [6.45, 7) is 0.256. The molecule has 0 aromatic carbocycles. The first kappa shape index (κ1) is 9.74. The Morgan fingerprint density at radius 1 is 1.57 bits per heavy atom. The number of hydrogen-bond donors (Lipinski definition) is 1. The summed E-state index contributed by atoms with van der Waals surface area (Å²) in [5, 5.41) is 0.594. The lowest BCUT2D eigenvalue weighted by molar-refractivity contribution is 0.305. The van der Waals surface area contributed by atoms with Crippen molar-refractivity contribution in [2.45, 2.75) is 31.8 Å². The predicted octanol–water partition coefficient (Wildman–Crippen LogP) is 1.69. The third-order valence-electron chi connectivity index (χ3n) is 2.77. The minimum atomic E-state index is 0.0154. The Morgan fingerprint density at radius 3 is 2.79 bits per heavy atom. The van der Waals surface area contributed by atoms with Gasteiger partial charge >= 0.3 is 0 Å². The molecule has 1 aromatic rings. The van der Waals surface area contributed by atoms with E-state index >= 15 is 0 Å². The number of nitrogens with two attached hydrogens (primary N) is 1. The summed E-state index contributed by atoms with van der Waals surface area (Å²) in [6, 6.07) is 1.99. The molecule has 2 rings (SSSR count). The van der Waals surface area contributed by atoms with Crippen LogP contribution >= 0.6 is 11.6 Å². The Bertz CT molecular complexity index is 396. The Labute approximate surface area is 87.5 Å². The highest BCUT2D eigenvalue weighted by Crippen LogP contribution is 2.30. The first-order valence-corrected chi connectivity index (χ1v) is 5.21. The Kier molecular flexibility index (Phi) is 2.61. The largest absolute Gasteiger partial charge is 0.326 e. The number of halogens is 1. The second-order valence-electron chi connectivity index (χ2n) is 3.68. The summed E-state index contributed by atoms with van der Waals surface area (Å²) in [7, 11) is 0. The molecule has 0 radical (unpaired) electrons. The van der Waals surface area contributed by atoms with E-state index in [1.807, 2.05) is 0 Å². The van der Waals surface area contributed by atoms with E-state index in [0.717, 1.165) is 12.8 Å². The molecule has 0 atom stereocenters. The van der Waals surface area contributed by atoms with Crippen molar-refractivity contribution in [2.24, 2.45) is 5.73 Å². The van der Waals surface area contributed by atoms with Gasteiger partial charge in [-0.1, -0.05) is 11.6 Å². The lowest BCUT2D eigenvalue weighted by Gasteiger charge is -2.28. The van der Waals surface area contributed by atoms with Crippen LogP contribution in [0.2, 0.25) is 5.02 Å². The van der Waals surface area contributed by atoms with Gasteiger partial charge in [0.05, 0.1) is 5.02 Å². The standard InChI is InChI=1S/C10H13ClN2O/c11-8-4-7(5-12)10(14)13(6-8)9-2-1-3-9/h4,6,9H,1-3,5,12H2. The number of pyridine rings is 1. The van der Waals surface area contributed by atoms with Gasteiger partial charge in [-0.05, 0) is 25.3 Å². The van der Waals surface area contributed by atoms with Crippen LogP contribution in [-0.2, 0) is 6.54 Å². The van der Waals surface area contributed by atoms with Gasteiger partial charge in [0, 0.05) is 24.3 Å². The van der Waals surface area contributed by atoms with Gasteiger partial charge in [0.1, 0.15) is 0 Å². The number of aromatic nitrogens is 1. The minimum Gasteiger partial charge on any atom is -0.326 e. The minimum absolute atomic E-state index is 0.0154. The summed E-state index contributed by atoms with van der Waals surface area (Å²) in [5.74, 6) is 0. The summed E-state index contributed by atoms with van der Waals surface area (Å²) in [6.07, 6.45) is 5.06. The van der Waals surface area contributed by atoms with Crippen LogP contribution in [0, 0.1) is 0 Å². The molecule has 2 N–H and O–H groups in total. The normalized spacial score (nSPS) is 16.7. The lowest BCUT2D eigenvalue weighted by Crippen LogP contribution is -2.31. The van der Waals surface area contributed by atoms with E-state index in [4.69, 9.17) is 17.3 Å². The van der Waals surface area contributed by atoms with Crippen molar-refractivity contribution in [1.29, 1.82) is 0 Å². The highest BCUT2D eigenvalue weighted by atomic mass is 35.5. The van der Waals surface area contributed by atoms with Crippen LogP contribution in [0.25, 0.3) is 0 Å². The molecular formula is C10H13ClN2O. The van der Waals surface area contributed by atoms with E-state index in [0.29, 0.717) is 16.6 Å². The zero-order chi connectivity index (χ0) is 10.1. The van der Waals surface area contributed by atoms with Crippen molar-refractivity contribution < 1.29 is 0 Å². The zero-order valence-electron chi connectivity index (χ0n) is 7.87. The van der Waals surface area contributed by atoms with Gasteiger partial charge in [0.25, 0.3) is 5.56 Å². The van der Waals surface area contributed by atoms with E-state index < -0.39 is 0 Å². The van der Waals surface area contributed by atoms with Crippen LogP contribution in [-0.4, -0.2) is 4.57 Å². The molecule has 1 aromatic heterocycles. The average Bonchev–Trinajstić information content (AvgIpc) is 2.07. The number of nitrogens with zero attached hydrogens (tertiary/aromatic N) is 1. The molecule has 0 unspecified atom stereocenters. The molecule has 0 bridgehead atoms. The van der Waals surface area contributed by atoms with Crippen LogP contribution in [0.1, 0.15) is 30.9 Å². The highest BCUT2D eigenvalue weighted by molar-refractivity contribution is 6.30. The average molecular weight is 213 g/mol. The summed E-state index contributed by atoms with van der Waals surface area (Å²) >= 11 is 5.91. The second kappa shape index (κ2) is 3.75. The van der Waals surface area contributed by atoms with Crippen LogP contribution in [0.5, 0.6) is 0 Å². The molecule has 0 amide bonds. The van der Waals surface area contributed by atoms with Crippen molar-refractivity contribution in [2.75, 3.05) is 0 Å². The molecule has 0 spiro atoms. The molecular weight excluding hydrogens is 200 g/mol. The van der Waals surface area contributed by atoms with Gasteiger partial charge in [-0.3, -0.25) is 4.79 Å². The van der Waals surface area contributed by atoms with Gasteiger partial charge in [0.2, 0.25) is 0 Å². The number of rotatable bonds is 2. The van der Waals surface area contributed by atoms with Crippen LogP contribution in [0.4, 0.5) is 0 Å². The molecule has 0 saturated heterocycles. The van der Waals surface area contributed by atoms with Crippen molar-refractivity contribution in [1.82, 2.24) is 4.57 Å². The molecule has 1 saturated carbocycles. The van der Waals surface area contributed by atoms with E-state index in [9.17, 15) is 4.79 Å². The molecule has 1 aliphatic carbocycles. The summed E-state index contributed by atoms with van der Waals surface area (Å²) in [5.41, 5.74) is 6.09. The summed E-state index contributed by atoms with van der Waals surface area (Å²) < 4.78 is 1.73. The molecule has 4 heteroatoms. The van der Waals surface area contributed by atoms with E-state index in [1.165, 1.54) is 6.42 Å². The topological polar surface area (TPSA) is 48.0 Å². The van der Waals surface area contributed by atoms with Gasteiger partial charge in [-0.25, -0.2) is 0 Å². The smallest absolute Gasteiger partial charge is 0.255 e. The van der Waals surface area contributed by atoms with Crippen LogP contribution in [0.3, 0.4) is 0 Å². The quantitative estimate of drug-likeness (QED) is 0.811. The van der Waals surface area contributed by atoms with Crippen LogP contribution in [0.15, 0.2) is 17.1 Å². The third-order valence-corrected chi connectivity index (χ3v) is 2.98. The third kappa shape index (κ3) is 1.57. The Hall–Kier alpha value is -0.800. The molecule has 1 heterocycles. The van der Waals surface area contributed by atoms with Crippen molar-refractivity contribution in [3.05, 3.63) is 33.2 Å². The second-order valence-corrected chi connectivity index (χ2v) is 4.12. The van der Waals surface area contributed by atoms with Gasteiger partial charge in [0.15, 0.2) is 0 Å². The van der Waals surface area contributed by atoms with E-state index in [2.05, 4.69) is 0 Å². The van der Waals surface area contributed by atoms with Crippen LogP contribution < -0.4 is 11.3 Å². The van der Waals surface area contributed by atoms with Gasteiger partial charge in [-0.2, -0.15) is 0 Å². The molecule has 1 aliphatic rings. The monoisotopic (exact) mass is 212 g/mol. The van der Waals surface area contributed by atoms with Crippen molar-refractivity contribution in [3.63, 3.8) is 0 Å². The summed E-state index contributed by atoms with van der Waals surface area (Å²) in [4.78, 5) is 11.8. The highest BCUT2D eigenvalue weighted by Gasteiger charge is 2.21. The lowest BCUT2D eigenvalue weighted by atomic mass is 9.92. The number of hydrogen-bond acceptors (Lipinski definition) is 2. The molecule has 14 heavy (non-hydrogen) atoms. The maximum atomic E-state index is 11.8. The van der Waals surface area contributed by atoms with E-state index in [-0.39, 0.29) is 12.1 Å². The fraction of sp³-hybridized carbons (Fsp3) is 0.500. The van der Waals surface area contributed by atoms with Crippen molar-refractivity contribution >= 4 is 11.6 Å². The predicted molar refractivity (Wildman–Crippen MR) is 56.5 cm³/mol. The molecule has 1 fully saturated rings. The van der Waals surface area contributed by atoms with E-state index in [1.54, 1.807) is 16.8 Å². The Morgan fingerprint density at radius 2 is 2.29 bits per heavy atom. The maximum Gasteiger partial charge on any atom is 0.255 e. The Balaban J connectivity index is 2.47. The fourth-order valence-electron chi connectivity index (χ4n) is 1.71. The SMILES string of the molecule is NCc1cc(Cl)cn(C2CCC2)c1=O. The van der Waals surface area contributed by atoms with Gasteiger partial charge in [-0.15, -0.1) is 0 Å². The first-order chi connectivity index (χ1) is 6.72. The molecule has 76 valence electrons. The van der Waals surface area contributed by atoms with Gasteiger partial charge < -0.3 is 10.3 Å². The fourth-order valence-corrected chi connectivity index (χ4v) is 1.94. The first-order valence-electron chi connectivity index (χ1n) is 4.83. The zero-order valence-corrected chi connectivity index (χ0v) is 8.63. The molecule has 3 nitrogen and oxygen atoms in total. The van der Waals surface area contributed by atoms with Crippen molar-refractivity contribution in [3.8, 4) is 0 Å². The molecule has 0 aliphatic heterocycles. The maximum absolute atomic E-state index is 11.8.